The Kier molecular flexibility index (Phi) is 49.3. The first kappa shape index (κ1) is 66.5. The summed E-state index contributed by atoms with van der Waals surface area (Å²) in [5.74, 6) is -0.787. The molecule has 0 saturated heterocycles. The largest absolute Gasteiger partial charge is 0.472 e. The van der Waals surface area contributed by atoms with E-state index in [9.17, 15) is 19.0 Å². The Morgan fingerprint density at radius 1 is 0.441 bits per heavy atom. The molecular formula is C58H113NO8P+. The number of hydrogen-bond donors (Lipinski definition) is 1. The third-order valence-electron chi connectivity index (χ3n) is 13.0. The van der Waals surface area contributed by atoms with Crippen LogP contribution in [-0.2, 0) is 32.7 Å². The number of rotatable bonds is 54. The van der Waals surface area contributed by atoms with Crippen LogP contribution >= 0.6 is 7.82 Å². The monoisotopic (exact) mass is 983 g/mol. The Hall–Kier alpha value is -1.51. The van der Waals surface area contributed by atoms with Crippen molar-refractivity contribution < 1.29 is 42.1 Å². The molecule has 0 aromatic rings. The summed E-state index contributed by atoms with van der Waals surface area (Å²) < 4.78 is 34.6. The van der Waals surface area contributed by atoms with E-state index in [4.69, 9.17) is 18.5 Å². The second kappa shape index (κ2) is 50.4. The number of allylic oxidation sites excluding steroid dienone is 4. The summed E-state index contributed by atoms with van der Waals surface area (Å²) in [6.07, 6.45) is 59.5. The fraction of sp³-hybridized carbons (Fsp3) is 0.897. The molecule has 2 atom stereocenters. The van der Waals surface area contributed by atoms with Gasteiger partial charge in [-0.2, -0.15) is 0 Å². The molecule has 0 fully saturated rings. The Morgan fingerprint density at radius 3 is 1.09 bits per heavy atom. The molecule has 0 spiro atoms. The summed E-state index contributed by atoms with van der Waals surface area (Å²) in [6, 6.07) is 0. The van der Waals surface area contributed by atoms with Crippen molar-refractivity contribution in [3.05, 3.63) is 24.3 Å². The topological polar surface area (TPSA) is 108 Å². The lowest BCUT2D eigenvalue weighted by Gasteiger charge is -2.24. The maximum absolute atomic E-state index is 12.8. The van der Waals surface area contributed by atoms with Crippen LogP contribution in [0.4, 0.5) is 0 Å². The Labute approximate surface area is 421 Å². The maximum atomic E-state index is 12.8. The van der Waals surface area contributed by atoms with Gasteiger partial charge in [0.1, 0.15) is 19.8 Å². The lowest BCUT2D eigenvalue weighted by molar-refractivity contribution is -0.870. The van der Waals surface area contributed by atoms with Crippen molar-refractivity contribution in [3.8, 4) is 0 Å². The number of phosphoric ester groups is 1. The molecule has 2 unspecified atom stereocenters. The number of nitrogens with zero attached hydrogens (tertiary/aromatic N) is 1. The van der Waals surface area contributed by atoms with Gasteiger partial charge in [-0.1, -0.05) is 231 Å². The highest BCUT2D eigenvalue weighted by atomic mass is 31.2. The second-order valence-electron chi connectivity index (χ2n) is 21.0. The van der Waals surface area contributed by atoms with Gasteiger partial charge in [-0.15, -0.1) is 0 Å². The zero-order valence-electron chi connectivity index (χ0n) is 45.6. The number of ether oxygens (including phenoxy) is 2. The molecule has 0 aromatic carbocycles. The molecule has 1 N–H and O–H groups in total. The van der Waals surface area contributed by atoms with Crippen LogP contribution in [0.25, 0.3) is 0 Å². The van der Waals surface area contributed by atoms with Gasteiger partial charge < -0.3 is 18.9 Å². The number of carbonyl (C=O) groups excluding carboxylic acids is 2. The SMILES string of the molecule is CCCCCCCCCC/C=C\CCCCCCCCCCCCCC(=O)OC(COC(=O)CCCCCCCCCCC/C=C\CCCCCCCCCC)COP(=O)(O)OCC[N+](C)(C)C. The molecule has 0 aliphatic heterocycles. The molecule has 0 rings (SSSR count). The summed E-state index contributed by atoms with van der Waals surface area (Å²) in [6.45, 7) is 4.48. The molecule has 9 nitrogen and oxygen atoms in total. The predicted octanol–water partition coefficient (Wildman–Crippen LogP) is 17.8. The minimum absolute atomic E-state index is 0.0333. The molecule has 0 radical (unpaired) electrons. The number of likely N-dealkylation sites (N-methyl/N-ethyl adjacent to an activating group) is 1. The van der Waals surface area contributed by atoms with Gasteiger partial charge >= 0.3 is 19.8 Å². The van der Waals surface area contributed by atoms with Crippen LogP contribution in [0.1, 0.15) is 284 Å². The van der Waals surface area contributed by atoms with Crippen molar-refractivity contribution in [2.24, 2.45) is 0 Å². The van der Waals surface area contributed by atoms with E-state index < -0.39 is 26.5 Å². The Bertz CT molecular complexity index is 1200. The molecular weight excluding hydrogens is 870 g/mol. The summed E-state index contributed by atoms with van der Waals surface area (Å²) in [7, 11) is 1.49. The number of unbranched alkanes of at least 4 members (excludes halogenated alkanes) is 36. The van der Waals surface area contributed by atoms with Gasteiger partial charge in [0.25, 0.3) is 0 Å². The Balaban J connectivity index is 4.15. The van der Waals surface area contributed by atoms with E-state index in [1.807, 2.05) is 21.1 Å². The fourth-order valence-corrected chi connectivity index (χ4v) is 9.16. The molecule has 0 bridgehead atoms. The van der Waals surface area contributed by atoms with E-state index in [-0.39, 0.29) is 32.0 Å². The Morgan fingerprint density at radius 2 is 0.750 bits per heavy atom. The predicted molar refractivity (Wildman–Crippen MR) is 289 cm³/mol. The van der Waals surface area contributed by atoms with Crippen molar-refractivity contribution in [3.63, 3.8) is 0 Å². The third kappa shape index (κ3) is 53.8. The minimum atomic E-state index is -4.38. The van der Waals surface area contributed by atoms with Crippen molar-refractivity contribution in [2.45, 2.75) is 290 Å². The average Bonchev–Trinajstić information content (AvgIpc) is 3.30. The van der Waals surface area contributed by atoms with Gasteiger partial charge in [0.05, 0.1) is 27.7 Å². The highest BCUT2D eigenvalue weighted by Gasteiger charge is 2.27. The smallest absolute Gasteiger partial charge is 0.462 e. The van der Waals surface area contributed by atoms with Crippen molar-refractivity contribution in [2.75, 3.05) is 47.5 Å². The van der Waals surface area contributed by atoms with Gasteiger partial charge in [-0.05, 0) is 64.2 Å². The summed E-state index contributed by atoms with van der Waals surface area (Å²) in [5.41, 5.74) is 0. The summed E-state index contributed by atoms with van der Waals surface area (Å²) in [5, 5.41) is 0. The summed E-state index contributed by atoms with van der Waals surface area (Å²) in [4.78, 5) is 35.7. The van der Waals surface area contributed by atoms with Crippen LogP contribution < -0.4 is 0 Å². The van der Waals surface area contributed by atoms with E-state index in [0.29, 0.717) is 17.4 Å². The van der Waals surface area contributed by atoms with Crippen molar-refractivity contribution in [1.29, 1.82) is 0 Å². The maximum Gasteiger partial charge on any atom is 0.472 e. The van der Waals surface area contributed by atoms with Gasteiger partial charge in [0, 0.05) is 12.8 Å². The first-order valence-electron chi connectivity index (χ1n) is 29.1. The first-order valence-corrected chi connectivity index (χ1v) is 30.6. The van der Waals surface area contributed by atoms with E-state index in [0.717, 1.165) is 32.1 Å². The van der Waals surface area contributed by atoms with E-state index in [2.05, 4.69) is 38.2 Å². The molecule has 0 aliphatic carbocycles. The first-order chi connectivity index (χ1) is 33.0. The van der Waals surface area contributed by atoms with E-state index in [1.54, 1.807) is 0 Å². The fourth-order valence-electron chi connectivity index (χ4n) is 8.42. The number of phosphoric acid groups is 1. The lowest BCUT2D eigenvalue weighted by Crippen LogP contribution is -2.37. The van der Waals surface area contributed by atoms with Crippen LogP contribution in [0.2, 0.25) is 0 Å². The number of carbonyl (C=O) groups is 2. The number of hydrogen-bond acceptors (Lipinski definition) is 7. The van der Waals surface area contributed by atoms with Gasteiger partial charge in [0.2, 0.25) is 0 Å². The second-order valence-corrected chi connectivity index (χ2v) is 22.5. The average molecular weight is 984 g/mol. The molecule has 0 amide bonds. The quantitative estimate of drug-likeness (QED) is 0.0211. The van der Waals surface area contributed by atoms with Crippen molar-refractivity contribution in [1.82, 2.24) is 0 Å². The normalized spacial score (nSPS) is 13.4. The zero-order valence-corrected chi connectivity index (χ0v) is 46.5. The van der Waals surface area contributed by atoms with Crippen LogP contribution in [0.15, 0.2) is 24.3 Å². The molecule has 0 saturated carbocycles. The van der Waals surface area contributed by atoms with Crippen LogP contribution in [0.3, 0.4) is 0 Å². The molecule has 0 aromatic heterocycles. The van der Waals surface area contributed by atoms with Crippen LogP contribution in [-0.4, -0.2) is 74.9 Å². The third-order valence-corrected chi connectivity index (χ3v) is 13.9. The van der Waals surface area contributed by atoms with Crippen molar-refractivity contribution >= 4 is 19.8 Å². The minimum Gasteiger partial charge on any atom is -0.462 e. The van der Waals surface area contributed by atoms with Gasteiger partial charge in [-0.25, -0.2) is 4.57 Å². The van der Waals surface area contributed by atoms with E-state index >= 15 is 0 Å². The van der Waals surface area contributed by atoms with Crippen LogP contribution in [0.5, 0.6) is 0 Å². The van der Waals surface area contributed by atoms with E-state index in [1.165, 1.54) is 218 Å². The molecule has 0 aliphatic rings. The van der Waals surface area contributed by atoms with Gasteiger partial charge in [0.15, 0.2) is 6.10 Å². The lowest BCUT2D eigenvalue weighted by atomic mass is 10.0. The standard InChI is InChI=1S/C58H112NO8P/c1-6-8-10-12-14-16-18-20-22-24-26-28-29-31-33-35-37-39-41-43-45-47-49-51-58(61)67-56(55-66-68(62,63)65-53-52-59(3,4)5)54-64-57(60)50-48-46-44-42-40-38-36-34-32-30-27-25-23-21-19-17-15-13-11-9-7-2/h24-27,56H,6-23,28-55H2,1-5H3/p+1/b26-24-,27-25-. The molecule has 0 heterocycles. The summed E-state index contributed by atoms with van der Waals surface area (Å²) >= 11 is 0. The highest BCUT2D eigenvalue weighted by molar-refractivity contribution is 7.47. The highest BCUT2D eigenvalue weighted by Crippen LogP contribution is 2.43. The van der Waals surface area contributed by atoms with Crippen LogP contribution in [0, 0.1) is 0 Å². The number of esters is 2. The molecule has 68 heavy (non-hydrogen) atoms. The molecule has 402 valence electrons. The zero-order chi connectivity index (χ0) is 49.9. The molecule has 10 heteroatoms. The number of quaternary nitrogens is 1. The van der Waals surface area contributed by atoms with Gasteiger partial charge in [-0.3, -0.25) is 18.6 Å².